The van der Waals surface area contributed by atoms with Gasteiger partial charge in [0.2, 0.25) is 5.91 Å². The molecule has 1 saturated heterocycles. The van der Waals surface area contributed by atoms with E-state index in [1.807, 2.05) is 4.90 Å². The summed E-state index contributed by atoms with van der Waals surface area (Å²) in [5, 5.41) is 2.09. The highest BCUT2D eigenvalue weighted by molar-refractivity contribution is 7.09. The maximum Gasteiger partial charge on any atom is 0.227 e. The van der Waals surface area contributed by atoms with E-state index in [1.165, 1.54) is 11.8 Å². The lowest BCUT2D eigenvalue weighted by atomic mass is 10.0. The zero-order chi connectivity index (χ0) is 18.5. The quantitative estimate of drug-likeness (QED) is 0.732. The van der Waals surface area contributed by atoms with Gasteiger partial charge in [0.25, 0.3) is 0 Å². The largest absolute Gasteiger partial charge is 0.496 e. The van der Waals surface area contributed by atoms with Gasteiger partial charge in [-0.3, -0.25) is 14.5 Å². The molecule has 0 atom stereocenters. The Morgan fingerprint density at radius 3 is 2.54 bits per heavy atom. The van der Waals surface area contributed by atoms with Crippen LogP contribution in [0.25, 0.3) is 0 Å². The van der Waals surface area contributed by atoms with Crippen LogP contribution in [0.3, 0.4) is 0 Å². The van der Waals surface area contributed by atoms with Crippen molar-refractivity contribution in [2.75, 3.05) is 33.3 Å². The molecular weight excluding hydrogens is 348 g/mol. The van der Waals surface area contributed by atoms with Gasteiger partial charge in [-0.1, -0.05) is 6.07 Å². The van der Waals surface area contributed by atoms with Crippen molar-refractivity contribution in [3.05, 3.63) is 51.7 Å². The van der Waals surface area contributed by atoms with Gasteiger partial charge in [-0.25, -0.2) is 0 Å². The summed E-state index contributed by atoms with van der Waals surface area (Å²) < 4.78 is 5.35. The summed E-state index contributed by atoms with van der Waals surface area (Å²) in [7, 11) is 1.58. The summed E-state index contributed by atoms with van der Waals surface area (Å²) in [5.74, 6) is 0.725. The number of methoxy groups -OCH3 is 1. The molecule has 0 bridgehead atoms. The molecule has 138 valence electrons. The zero-order valence-corrected chi connectivity index (χ0v) is 16.1. The summed E-state index contributed by atoms with van der Waals surface area (Å²) in [6, 6.07) is 9.49. The number of benzene rings is 1. The SMILES string of the molecule is COc1ccc(C(C)=O)cc1CC(=O)N1CCN(Cc2cccs2)CC1. The molecule has 26 heavy (non-hydrogen) atoms. The predicted molar refractivity (Wildman–Crippen MR) is 103 cm³/mol. The lowest BCUT2D eigenvalue weighted by Crippen LogP contribution is -2.48. The average Bonchev–Trinajstić information content (AvgIpc) is 3.15. The molecule has 1 aromatic heterocycles. The normalized spacial score (nSPS) is 15.1. The third kappa shape index (κ3) is 4.51. The summed E-state index contributed by atoms with van der Waals surface area (Å²) in [6.45, 7) is 5.72. The number of carbonyl (C=O) groups excluding carboxylic acids is 2. The number of hydrogen-bond donors (Lipinski definition) is 0. The van der Waals surface area contributed by atoms with Crippen LogP contribution < -0.4 is 4.74 Å². The second-order valence-corrected chi connectivity index (χ2v) is 7.53. The predicted octanol–water partition coefficient (Wildman–Crippen LogP) is 2.85. The van der Waals surface area contributed by atoms with Crippen molar-refractivity contribution in [3.63, 3.8) is 0 Å². The van der Waals surface area contributed by atoms with Gasteiger partial charge in [0.05, 0.1) is 13.5 Å². The molecule has 0 spiro atoms. The van der Waals surface area contributed by atoms with Crippen molar-refractivity contribution in [1.29, 1.82) is 0 Å². The second kappa shape index (κ2) is 8.47. The minimum atomic E-state index is -0.0106. The first-order chi connectivity index (χ1) is 12.6. The van der Waals surface area contributed by atoms with E-state index in [4.69, 9.17) is 4.74 Å². The number of thiophene rings is 1. The Kier molecular flexibility index (Phi) is 6.06. The number of carbonyl (C=O) groups is 2. The lowest BCUT2D eigenvalue weighted by Gasteiger charge is -2.34. The van der Waals surface area contributed by atoms with E-state index in [9.17, 15) is 9.59 Å². The topological polar surface area (TPSA) is 49.9 Å². The number of ketones is 1. The summed E-state index contributed by atoms with van der Waals surface area (Å²) in [4.78, 5) is 30.0. The fourth-order valence-electron chi connectivity index (χ4n) is 3.19. The summed E-state index contributed by atoms with van der Waals surface area (Å²) >= 11 is 1.77. The number of Topliss-reactive ketones (excluding diaryl/α,β-unsaturated/α-hetero) is 1. The van der Waals surface area contributed by atoms with E-state index in [0.29, 0.717) is 11.3 Å². The van der Waals surface area contributed by atoms with E-state index in [0.717, 1.165) is 38.3 Å². The minimum absolute atomic E-state index is 0.0106. The lowest BCUT2D eigenvalue weighted by molar-refractivity contribution is -0.132. The molecule has 0 saturated carbocycles. The Bertz CT molecular complexity index is 765. The Morgan fingerprint density at radius 1 is 1.15 bits per heavy atom. The molecule has 2 aromatic rings. The first kappa shape index (κ1) is 18.6. The van der Waals surface area contributed by atoms with Crippen LogP contribution in [0.2, 0.25) is 0 Å². The number of hydrogen-bond acceptors (Lipinski definition) is 5. The maximum absolute atomic E-state index is 12.7. The van der Waals surface area contributed by atoms with Gasteiger partial charge in [-0.15, -0.1) is 11.3 Å². The van der Waals surface area contributed by atoms with Gasteiger partial charge in [0, 0.05) is 48.7 Å². The zero-order valence-electron chi connectivity index (χ0n) is 15.2. The van der Waals surface area contributed by atoms with E-state index < -0.39 is 0 Å². The van der Waals surface area contributed by atoms with Crippen LogP contribution in [-0.4, -0.2) is 54.8 Å². The number of piperazine rings is 1. The molecule has 2 heterocycles. The molecule has 1 fully saturated rings. The third-order valence-corrected chi connectivity index (χ3v) is 5.57. The summed E-state index contributed by atoms with van der Waals surface area (Å²) in [5.41, 5.74) is 1.38. The highest BCUT2D eigenvalue weighted by Gasteiger charge is 2.22. The van der Waals surface area contributed by atoms with Gasteiger partial charge >= 0.3 is 0 Å². The van der Waals surface area contributed by atoms with E-state index >= 15 is 0 Å². The molecular formula is C20H24N2O3S. The molecule has 3 rings (SSSR count). The molecule has 1 aromatic carbocycles. The highest BCUT2D eigenvalue weighted by atomic mass is 32.1. The van der Waals surface area contributed by atoms with Gasteiger partial charge in [0.15, 0.2) is 5.78 Å². The van der Waals surface area contributed by atoms with Crippen molar-refractivity contribution in [1.82, 2.24) is 9.80 Å². The fourth-order valence-corrected chi connectivity index (χ4v) is 3.93. The van der Waals surface area contributed by atoms with Gasteiger partial charge in [-0.2, -0.15) is 0 Å². The number of nitrogens with zero attached hydrogens (tertiary/aromatic N) is 2. The van der Waals surface area contributed by atoms with Crippen molar-refractivity contribution in [3.8, 4) is 5.75 Å². The Morgan fingerprint density at radius 2 is 1.92 bits per heavy atom. The molecule has 6 heteroatoms. The molecule has 1 aliphatic heterocycles. The third-order valence-electron chi connectivity index (χ3n) is 4.71. The highest BCUT2D eigenvalue weighted by Crippen LogP contribution is 2.22. The van der Waals surface area contributed by atoms with Gasteiger partial charge in [-0.05, 0) is 36.6 Å². The average molecular weight is 372 g/mol. The van der Waals surface area contributed by atoms with Crippen LogP contribution in [0.1, 0.15) is 27.7 Å². The molecule has 0 unspecified atom stereocenters. The van der Waals surface area contributed by atoms with Crippen LogP contribution in [0, 0.1) is 0 Å². The first-order valence-electron chi connectivity index (χ1n) is 8.77. The van der Waals surface area contributed by atoms with Crippen LogP contribution in [0.5, 0.6) is 5.75 Å². The van der Waals surface area contributed by atoms with E-state index in [2.05, 4.69) is 22.4 Å². The minimum Gasteiger partial charge on any atom is -0.496 e. The van der Waals surface area contributed by atoms with Crippen molar-refractivity contribution < 1.29 is 14.3 Å². The van der Waals surface area contributed by atoms with E-state index in [-0.39, 0.29) is 18.1 Å². The van der Waals surface area contributed by atoms with Crippen molar-refractivity contribution >= 4 is 23.0 Å². The van der Waals surface area contributed by atoms with Crippen LogP contribution in [-0.2, 0) is 17.8 Å². The van der Waals surface area contributed by atoms with Crippen LogP contribution >= 0.6 is 11.3 Å². The monoisotopic (exact) mass is 372 g/mol. The van der Waals surface area contributed by atoms with Crippen molar-refractivity contribution in [2.24, 2.45) is 0 Å². The molecule has 0 N–H and O–H groups in total. The van der Waals surface area contributed by atoms with Crippen LogP contribution in [0.4, 0.5) is 0 Å². The Balaban J connectivity index is 1.59. The maximum atomic E-state index is 12.7. The Hall–Kier alpha value is -2.18. The van der Waals surface area contributed by atoms with Gasteiger partial charge in [0.1, 0.15) is 5.75 Å². The molecule has 5 nitrogen and oxygen atoms in total. The molecule has 1 amide bonds. The second-order valence-electron chi connectivity index (χ2n) is 6.50. The molecule has 1 aliphatic rings. The van der Waals surface area contributed by atoms with Crippen LogP contribution in [0.15, 0.2) is 35.7 Å². The number of rotatable bonds is 6. The van der Waals surface area contributed by atoms with E-state index in [1.54, 1.807) is 36.6 Å². The van der Waals surface area contributed by atoms with Gasteiger partial charge < -0.3 is 9.64 Å². The number of amides is 1. The smallest absolute Gasteiger partial charge is 0.227 e. The summed E-state index contributed by atoms with van der Waals surface area (Å²) in [6.07, 6.45) is 0.259. The molecule has 0 radical (unpaired) electrons. The van der Waals surface area contributed by atoms with Crippen molar-refractivity contribution in [2.45, 2.75) is 19.9 Å². The fraction of sp³-hybridized carbons (Fsp3) is 0.400. The molecule has 0 aliphatic carbocycles. The first-order valence-corrected chi connectivity index (χ1v) is 9.65. The number of ether oxygens (including phenoxy) is 1. The standard InChI is InChI=1S/C20H24N2O3S/c1-15(23)16-5-6-19(25-2)17(12-16)13-20(24)22-9-7-21(8-10-22)14-18-4-3-11-26-18/h3-6,11-12H,7-10,13-14H2,1-2H3. The Labute approximate surface area is 158 Å².